The number of amides is 1. The number of furan rings is 1. The number of rotatable bonds is 6. The van der Waals surface area contributed by atoms with Gasteiger partial charge in [-0.15, -0.1) is 0 Å². The number of hydrogen-bond donors (Lipinski definition) is 1. The van der Waals surface area contributed by atoms with Crippen LogP contribution in [-0.2, 0) is 4.79 Å². The molecule has 0 spiro atoms. The fourth-order valence-electron chi connectivity index (χ4n) is 2.51. The van der Waals surface area contributed by atoms with Gasteiger partial charge in [0.25, 0.3) is 5.91 Å². The van der Waals surface area contributed by atoms with Crippen molar-refractivity contribution in [3.63, 3.8) is 0 Å². The zero-order valence-corrected chi connectivity index (χ0v) is 14.2. The van der Waals surface area contributed by atoms with E-state index in [0.717, 1.165) is 11.3 Å². The summed E-state index contributed by atoms with van der Waals surface area (Å²) in [7, 11) is 0. The van der Waals surface area contributed by atoms with Gasteiger partial charge in [-0.2, -0.15) is 5.10 Å². The van der Waals surface area contributed by atoms with Gasteiger partial charge in [-0.1, -0.05) is 13.0 Å². The molecule has 1 aliphatic carbocycles. The van der Waals surface area contributed by atoms with Crippen molar-refractivity contribution in [2.45, 2.75) is 33.1 Å². The largest absolute Gasteiger partial charge is 0.484 e. The summed E-state index contributed by atoms with van der Waals surface area (Å²) in [4.78, 5) is 11.7. The Morgan fingerprint density at radius 3 is 2.83 bits per heavy atom. The Labute approximate surface area is 141 Å². The van der Waals surface area contributed by atoms with Gasteiger partial charge in [0.05, 0.1) is 6.21 Å². The standard InChI is InChI=1S/C19H22N2O3/c1-12-4-5-15(8-13(12)2)23-11-19(22)21-20-10-16-6-7-18(24-16)17-9-14(17)3/h4-8,10,14,17H,9,11H2,1-3H3,(H,21,22)/b20-10-/t14-,17+/m0/s1. The summed E-state index contributed by atoms with van der Waals surface area (Å²) in [6, 6.07) is 9.56. The maximum absolute atomic E-state index is 11.7. The van der Waals surface area contributed by atoms with Crippen molar-refractivity contribution < 1.29 is 13.9 Å². The highest BCUT2D eigenvalue weighted by Gasteiger charge is 2.36. The Kier molecular flexibility index (Phi) is 4.69. The Morgan fingerprint density at radius 2 is 2.12 bits per heavy atom. The van der Waals surface area contributed by atoms with E-state index in [1.807, 2.05) is 44.2 Å². The SMILES string of the molecule is Cc1ccc(OCC(=O)N/N=C\c2ccc([C@@H]3C[C@@H]3C)o2)cc1C. The Hall–Kier alpha value is -2.56. The molecule has 1 fully saturated rings. The molecule has 1 aromatic carbocycles. The number of nitrogens with zero attached hydrogens (tertiary/aromatic N) is 1. The third kappa shape index (κ3) is 4.04. The monoisotopic (exact) mass is 326 g/mol. The summed E-state index contributed by atoms with van der Waals surface area (Å²) in [6.07, 6.45) is 2.68. The molecule has 0 radical (unpaired) electrons. The van der Waals surface area contributed by atoms with Gasteiger partial charge >= 0.3 is 0 Å². The molecule has 2 atom stereocenters. The van der Waals surface area contributed by atoms with Crippen LogP contribution in [0.3, 0.4) is 0 Å². The second-order valence-electron chi connectivity index (χ2n) is 6.39. The van der Waals surface area contributed by atoms with Crippen LogP contribution >= 0.6 is 0 Å². The molecule has 3 rings (SSSR count). The van der Waals surface area contributed by atoms with E-state index < -0.39 is 0 Å². The highest BCUT2D eigenvalue weighted by Crippen LogP contribution is 2.47. The zero-order valence-electron chi connectivity index (χ0n) is 14.2. The first kappa shape index (κ1) is 16.3. The van der Waals surface area contributed by atoms with Gasteiger partial charge in [0.1, 0.15) is 17.3 Å². The lowest BCUT2D eigenvalue weighted by molar-refractivity contribution is -0.123. The van der Waals surface area contributed by atoms with Crippen LogP contribution in [0, 0.1) is 19.8 Å². The molecule has 0 aliphatic heterocycles. The first-order chi connectivity index (χ1) is 11.5. The number of hydrazone groups is 1. The highest BCUT2D eigenvalue weighted by molar-refractivity contribution is 5.81. The predicted molar refractivity (Wildman–Crippen MR) is 92.4 cm³/mol. The first-order valence-corrected chi connectivity index (χ1v) is 8.14. The molecule has 1 saturated carbocycles. The Bertz CT molecular complexity index is 764. The molecule has 0 bridgehead atoms. The summed E-state index contributed by atoms with van der Waals surface area (Å²) >= 11 is 0. The summed E-state index contributed by atoms with van der Waals surface area (Å²) in [5.74, 6) is 3.22. The lowest BCUT2D eigenvalue weighted by Crippen LogP contribution is -2.24. The number of benzene rings is 1. The number of carbonyl (C=O) groups excluding carboxylic acids is 1. The second-order valence-corrected chi connectivity index (χ2v) is 6.39. The molecular formula is C19H22N2O3. The van der Waals surface area contributed by atoms with Crippen LogP contribution in [0.4, 0.5) is 0 Å². The molecule has 24 heavy (non-hydrogen) atoms. The van der Waals surface area contributed by atoms with Crippen LogP contribution in [0.2, 0.25) is 0 Å². The maximum atomic E-state index is 11.7. The third-order valence-electron chi connectivity index (χ3n) is 4.35. The average molecular weight is 326 g/mol. The maximum Gasteiger partial charge on any atom is 0.277 e. The lowest BCUT2D eigenvalue weighted by atomic mass is 10.1. The molecule has 1 amide bonds. The van der Waals surface area contributed by atoms with Crippen molar-refractivity contribution in [1.29, 1.82) is 0 Å². The van der Waals surface area contributed by atoms with Crippen LogP contribution < -0.4 is 10.2 Å². The van der Waals surface area contributed by atoms with Crippen molar-refractivity contribution in [1.82, 2.24) is 5.43 Å². The van der Waals surface area contributed by atoms with Crippen LogP contribution in [-0.4, -0.2) is 18.7 Å². The fourth-order valence-corrected chi connectivity index (χ4v) is 2.51. The van der Waals surface area contributed by atoms with Gasteiger partial charge in [0.2, 0.25) is 0 Å². The predicted octanol–water partition coefficient (Wildman–Crippen LogP) is 3.55. The van der Waals surface area contributed by atoms with Gasteiger partial charge in [-0.3, -0.25) is 4.79 Å². The molecule has 0 saturated heterocycles. The van der Waals surface area contributed by atoms with E-state index in [4.69, 9.17) is 9.15 Å². The minimum absolute atomic E-state index is 0.0805. The number of carbonyl (C=O) groups is 1. The van der Waals surface area contributed by atoms with Crippen molar-refractivity contribution in [2.24, 2.45) is 11.0 Å². The van der Waals surface area contributed by atoms with Crippen LogP contribution in [0.5, 0.6) is 5.75 Å². The third-order valence-corrected chi connectivity index (χ3v) is 4.35. The lowest BCUT2D eigenvalue weighted by Gasteiger charge is -2.07. The quantitative estimate of drug-likeness (QED) is 0.652. The normalized spacial score (nSPS) is 19.5. The van der Waals surface area contributed by atoms with E-state index in [-0.39, 0.29) is 12.5 Å². The molecule has 1 aromatic heterocycles. The number of nitrogens with one attached hydrogen (secondary N) is 1. The number of ether oxygens (including phenoxy) is 1. The Balaban J connectivity index is 1.44. The van der Waals surface area contributed by atoms with Crippen LogP contribution in [0.1, 0.15) is 41.9 Å². The smallest absolute Gasteiger partial charge is 0.277 e. The van der Waals surface area contributed by atoms with Crippen molar-refractivity contribution in [3.8, 4) is 5.75 Å². The highest BCUT2D eigenvalue weighted by atomic mass is 16.5. The number of aryl methyl sites for hydroxylation is 2. The minimum Gasteiger partial charge on any atom is -0.484 e. The average Bonchev–Trinajstić information content (AvgIpc) is 3.09. The Morgan fingerprint density at radius 1 is 1.33 bits per heavy atom. The molecule has 1 aliphatic rings. The molecule has 5 heteroatoms. The van der Waals surface area contributed by atoms with Gasteiger partial charge < -0.3 is 9.15 Å². The molecule has 1 N–H and O–H groups in total. The van der Waals surface area contributed by atoms with Gasteiger partial charge in [0, 0.05) is 5.92 Å². The molecule has 1 heterocycles. The first-order valence-electron chi connectivity index (χ1n) is 8.14. The van der Waals surface area contributed by atoms with Crippen molar-refractivity contribution >= 4 is 12.1 Å². The van der Waals surface area contributed by atoms with Crippen molar-refractivity contribution in [3.05, 3.63) is 53.0 Å². The van der Waals surface area contributed by atoms with E-state index in [0.29, 0.717) is 23.3 Å². The number of hydrogen-bond acceptors (Lipinski definition) is 4. The molecule has 5 nitrogen and oxygen atoms in total. The van der Waals surface area contributed by atoms with Gasteiger partial charge in [0.15, 0.2) is 6.61 Å². The summed E-state index contributed by atoms with van der Waals surface area (Å²) in [5.41, 5.74) is 4.75. The van der Waals surface area contributed by atoms with E-state index in [1.165, 1.54) is 18.2 Å². The van der Waals surface area contributed by atoms with E-state index in [2.05, 4.69) is 17.5 Å². The van der Waals surface area contributed by atoms with Gasteiger partial charge in [-0.05, 0) is 61.6 Å². The van der Waals surface area contributed by atoms with E-state index >= 15 is 0 Å². The zero-order chi connectivity index (χ0) is 17.1. The van der Waals surface area contributed by atoms with Crippen LogP contribution in [0.15, 0.2) is 39.9 Å². The molecular weight excluding hydrogens is 304 g/mol. The molecule has 0 unspecified atom stereocenters. The fraction of sp³-hybridized carbons (Fsp3) is 0.368. The van der Waals surface area contributed by atoms with Crippen molar-refractivity contribution in [2.75, 3.05) is 6.61 Å². The van der Waals surface area contributed by atoms with E-state index in [1.54, 1.807) is 0 Å². The summed E-state index contributed by atoms with van der Waals surface area (Å²) < 4.78 is 11.1. The van der Waals surface area contributed by atoms with Gasteiger partial charge in [-0.25, -0.2) is 5.43 Å². The topological polar surface area (TPSA) is 63.8 Å². The summed E-state index contributed by atoms with van der Waals surface area (Å²) in [5, 5.41) is 3.90. The van der Waals surface area contributed by atoms with Crippen LogP contribution in [0.25, 0.3) is 0 Å². The molecule has 2 aromatic rings. The second kappa shape index (κ2) is 6.91. The minimum atomic E-state index is -0.313. The molecule has 126 valence electrons. The van der Waals surface area contributed by atoms with E-state index in [9.17, 15) is 4.79 Å². The summed E-state index contributed by atoms with van der Waals surface area (Å²) in [6.45, 7) is 6.16.